The lowest BCUT2D eigenvalue weighted by atomic mass is 10.1. The Balaban J connectivity index is 1.99. The van der Waals surface area contributed by atoms with Crippen molar-refractivity contribution in [2.24, 2.45) is 0 Å². The van der Waals surface area contributed by atoms with Crippen LogP contribution in [0.5, 0.6) is 0 Å². The summed E-state index contributed by atoms with van der Waals surface area (Å²) in [6, 6.07) is 10.4. The SMILES string of the molecule is C[Si](C)(O)c1cccc(-c2[nH]c3cc(F)cc4c3[n+]2CCNC4=O)c1. The maximum Gasteiger partial charge on any atom is 0.287 e. The van der Waals surface area contributed by atoms with Crippen LogP contribution in [0.15, 0.2) is 36.4 Å². The normalized spacial score (nSPS) is 14.5. The van der Waals surface area contributed by atoms with Crippen LogP contribution < -0.4 is 15.1 Å². The third-order valence-corrected chi connectivity index (χ3v) is 6.30. The molecular formula is C18H19FN3O2Si+. The number of carbonyl (C=O) groups excluding carboxylic acids is 1. The van der Waals surface area contributed by atoms with Crippen molar-refractivity contribution in [2.45, 2.75) is 19.6 Å². The molecule has 0 saturated heterocycles. The number of nitrogens with zero attached hydrogens (tertiary/aromatic N) is 1. The highest BCUT2D eigenvalue weighted by molar-refractivity contribution is 6.83. The van der Waals surface area contributed by atoms with Gasteiger partial charge < -0.3 is 10.1 Å². The molecule has 2 heterocycles. The van der Waals surface area contributed by atoms with Crippen LogP contribution in [-0.4, -0.2) is 30.5 Å². The molecule has 7 heteroatoms. The van der Waals surface area contributed by atoms with E-state index in [9.17, 15) is 14.0 Å². The number of hydrogen-bond donors (Lipinski definition) is 3. The van der Waals surface area contributed by atoms with Crippen molar-refractivity contribution in [3.05, 3.63) is 47.8 Å². The van der Waals surface area contributed by atoms with E-state index in [4.69, 9.17) is 0 Å². The number of H-pyrrole nitrogens is 1. The van der Waals surface area contributed by atoms with Crippen molar-refractivity contribution in [2.75, 3.05) is 6.54 Å². The third-order valence-electron chi connectivity index (χ3n) is 4.58. The van der Waals surface area contributed by atoms with E-state index in [0.717, 1.165) is 16.6 Å². The highest BCUT2D eigenvalue weighted by Gasteiger charge is 2.29. The van der Waals surface area contributed by atoms with E-state index in [2.05, 4.69) is 10.3 Å². The molecule has 25 heavy (non-hydrogen) atoms. The van der Waals surface area contributed by atoms with Crippen LogP contribution in [0.1, 0.15) is 10.4 Å². The third kappa shape index (κ3) is 2.65. The standard InChI is InChI=1S/C18H18FN3O2Si/c1-25(2,24)13-5-3-4-11(8-13)17-21-15-10-12(19)9-14-16(15)22(17)7-6-20-18(14)23/h3-5,8-10,24H,6-7H2,1-2H3,(H,20,23)/p+1. The molecule has 2 aromatic carbocycles. The van der Waals surface area contributed by atoms with Gasteiger partial charge in [-0.25, -0.2) is 13.9 Å². The van der Waals surface area contributed by atoms with Crippen LogP contribution in [0.3, 0.4) is 0 Å². The molecule has 0 atom stereocenters. The van der Waals surface area contributed by atoms with Gasteiger partial charge in [0.2, 0.25) is 8.32 Å². The number of nitrogens with one attached hydrogen (secondary N) is 2. The van der Waals surface area contributed by atoms with E-state index in [1.54, 1.807) is 0 Å². The Bertz CT molecular complexity index is 1010. The van der Waals surface area contributed by atoms with Gasteiger partial charge in [-0.1, -0.05) is 12.1 Å². The highest BCUT2D eigenvalue weighted by atomic mass is 28.4. The van der Waals surface area contributed by atoms with E-state index in [1.807, 2.05) is 41.9 Å². The molecular weight excluding hydrogens is 337 g/mol. The quantitative estimate of drug-likeness (QED) is 0.480. The molecule has 1 aliphatic rings. The van der Waals surface area contributed by atoms with Gasteiger partial charge in [-0.05, 0) is 36.5 Å². The smallest absolute Gasteiger partial charge is 0.287 e. The van der Waals surface area contributed by atoms with Crippen molar-refractivity contribution < 1.29 is 18.5 Å². The maximum absolute atomic E-state index is 13.9. The summed E-state index contributed by atoms with van der Waals surface area (Å²) in [6.07, 6.45) is 0. The van der Waals surface area contributed by atoms with Gasteiger partial charge in [-0.2, -0.15) is 0 Å². The molecule has 4 rings (SSSR count). The Morgan fingerprint density at radius 2 is 2.04 bits per heavy atom. The van der Waals surface area contributed by atoms with Crippen LogP contribution in [0, 0.1) is 5.82 Å². The predicted octanol–water partition coefficient (Wildman–Crippen LogP) is 1.41. The fraction of sp³-hybridized carbons (Fsp3) is 0.222. The van der Waals surface area contributed by atoms with Crippen molar-refractivity contribution in [1.82, 2.24) is 10.3 Å². The average molecular weight is 356 g/mol. The summed E-state index contributed by atoms with van der Waals surface area (Å²) >= 11 is 0. The van der Waals surface area contributed by atoms with E-state index < -0.39 is 14.1 Å². The summed E-state index contributed by atoms with van der Waals surface area (Å²) in [5.41, 5.74) is 2.54. The fourth-order valence-corrected chi connectivity index (χ4v) is 4.35. The Labute approximate surface area is 145 Å². The lowest BCUT2D eigenvalue weighted by Gasteiger charge is -2.14. The van der Waals surface area contributed by atoms with Crippen LogP contribution in [0.4, 0.5) is 4.39 Å². The number of aromatic nitrogens is 2. The first-order chi connectivity index (χ1) is 11.8. The van der Waals surface area contributed by atoms with Gasteiger partial charge in [0.15, 0.2) is 11.0 Å². The minimum Gasteiger partial charge on any atom is -0.428 e. The van der Waals surface area contributed by atoms with Gasteiger partial charge in [0.25, 0.3) is 11.7 Å². The van der Waals surface area contributed by atoms with Gasteiger partial charge in [-0.3, -0.25) is 4.79 Å². The van der Waals surface area contributed by atoms with Gasteiger partial charge >= 0.3 is 0 Å². The molecule has 0 fully saturated rings. The Morgan fingerprint density at radius 3 is 2.80 bits per heavy atom. The minimum atomic E-state index is -2.44. The minimum absolute atomic E-state index is 0.265. The van der Waals surface area contributed by atoms with E-state index >= 15 is 0 Å². The number of amides is 1. The molecule has 5 nitrogen and oxygen atoms in total. The number of benzene rings is 2. The molecule has 0 saturated carbocycles. The summed E-state index contributed by atoms with van der Waals surface area (Å²) < 4.78 is 15.9. The summed E-state index contributed by atoms with van der Waals surface area (Å²) in [7, 11) is -2.44. The zero-order valence-corrected chi connectivity index (χ0v) is 15.1. The lowest BCUT2D eigenvalue weighted by Crippen LogP contribution is -2.42. The first-order valence-electron chi connectivity index (χ1n) is 8.21. The van der Waals surface area contributed by atoms with Gasteiger partial charge in [0.1, 0.15) is 12.4 Å². The second kappa shape index (κ2) is 5.50. The topological polar surface area (TPSA) is 69.0 Å². The van der Waals surface area contributed by atoms with Crippen LogP contribution in [0.2, 0.25) is 13.1 Å². The second-order valence-electron chi connectivity index (χ2n) is 6.87. The summed E-state index contributed by atoms with van der Waals surface area (Å²) in [6.45, 7) is 4.80. The highest BCUT2D eigenvalue weighted by Crippen LogP contribution is 2.23. The Hall–Kier alpha value is -2.51. The molecule has 1 aromatic heterocycles. The van der Waals surface area contributed by atoms with Crippen LogP contribution in [0.25, 0.3) is 22.4 Å². The molecule has 0 bridgehead atoms. The average Bonchev–Trinajstić information content (AvgIpc) is 2.83. The number of aromatic amines is 1. The van der Waals surface area contributed by atoms with Crippen LogP contribution in [-0.2, 0) is 6.54 Å². The molecule has 1 aliphatic heterocycles. The fourth-order valence-electron chi connectivity index (χ4n) is 3.34. The van der Waals surface area contributed by atoms with Gasteiger partial charge in [0.05, 0.1) is 17.7 Å². The summed E-state index contributed by atoms with van der Waals surface area (Å²) in [5, 5.41) is 3.73. The number of imidazole rings is 1. The number of halogens is 1. The first-order valence-corrected chi connectivity index (χ1v) is 11.2. The zero-order chi connectivity index (χ0) is 17.8. The Kier molecular flexibility index (Phi) is 3.52. The molecule has 128 valence electrons. The molecule has 0 unspecified atom stereocenters. The van der Waals surface area contributed by atoms with E-state index in [-0.39, 0.29) is 5.91 Å². The van der Waals surface area contributed by atoms with Crippen molar-refractivity contribution in [1.29, 1.82) is 0 Å². The molecule has 0 spiro atoms. The van der Waals surface area contributed by atoms with E-state index in [0.29, 0.717) is 29.7 Å². The van der Waals surface area contributed by atoms with Crippen molar-refractivity contribution >= 4 is 30.4 Å². The summed E-state index contributed by atoms with van der Waals surface area (Å²) in [4.78, 5) is 25.9. The van der Waals surface area contributed by atoms with Crippen molar-refractivity contribution in [3.8, 4) is 11.4 Å². The molecule has 0 radical (unpaired) electrons. The predicted molar refractivity (Wildman–Crippen MR) is 95.6 cm³/mol. The molecule has 3 N–H and O–H groups in total. The summed E-state index contributed by atoms with van der Waals surface area (Å²) in [5.74, 6) is 0.0922. The second-order valence-corrected chi connectivity index (χ2v) is 10.6. The Morgan fingerprint density at radius 1 is 1.24 bits per heavy atom. The number of carbonyl (C=O) groups is 1. The van der Waals surface area contributed by atoms with Crippen molar-refractivity contribution in [3.63, 3.8) is 0 Å². The van der Waals surface area contributed by atoms with Gasteiger partial charge in [-0.15, -0.1) is 0 Å². The maximum atomic E-state index is 13.9. The zero-order valence-electron chi connectivity index (χ0n) is 14.1. The lowest BCUT2D eigenvalue weighted by molar-refractivity contribution is -0.657. The first kappa shape index (κ1) is 16.0. The molecule has 1 amide bonds. The molecule has 0 aliphatic carbocycles. The van der Waals surface area contributed by atoms with Gasteiger partial charge in [0, 0.05) is 6.07 Å². The van der Waals surface area contributed by atoms with Crippen LogP contribution >= 0.6 is 0 Å². The monoisotopic (exact) mass is 356 g/mol. The number of hydrogen-bond acceptors (Lipinski definition) is 2. The largest absolute Gasteiger partial charge is 0.428 e. The molecule has 3 aromatic rings. The number of rotatable bonds is 2. The van der Waals surface area contributed by atoms with E-state index in [1.165, 1.54) is 12.1 Å².